The van der Waals surface area contributed by atoms with E-state index in [4.69, 9.17) is 19.9 Å². The van der Waals surface area contributed by atoms with E-state index in [1.165, 1.54) is 0 Å². The normalized spacial score (nSPS) is 11.3. The number of ether oxygens (including phenoxy) is 3. The molecular weight excluding hydrogens is 258 g/mol. The standard InChI is InChI=1S/C15H23NO4/c1-15(2,12-4-6-13(16)7-5-12)14(17)20-11-10-19-9-8-18-3/h4-7H,8-11,16H2,1-3H3. The maximum atomic E-state index is 12.1. The number of nitrogen functional groups attached to an aromatic ring is 1. The molecule has 5 nitrogen and oxygen atoms in total. The van der Waals surface area contributed by atoms with Crippen LogP contribution in [0.15, 0.2) is 24.3 Å². The lowest BCUT2D eigenvalue weighted by Crippen LogP contribution is -2.32. The Morgan fingerprint density at radius 2 is 1.70 bits per heavy atom. The van der Waals surface area contributed by atoms with Crippen molar-refractivity contribution in [3.8, 4) is 0 Å². The van der Waals surface area contributed by atoms with Crippen molar-refractivity contribution in [3.63, 3.8) is 0 Å². The van der Waals surface area contributed by atoms with E-state index < -0.39 is 5.41 Å². The molecule has 20 heavy (non-hydrogen) atoms. The van der Waals surface area contributed by atoms with Gasteiger partial charge >= 0.3 is 5.97 Å². The third-order valence-corrected chi connectivity index (χ3v) is 3.04. The first-order valence-electron chi connectivity index (χ1n) is 6.58. The Morgan fingerprint density at radius 1 is 1.10 bits per heavy atom. The number of carbonyl (C=O) groups is 1. The van der Waals surface area contributed by atoms with Gasteiger partial charge in [0.15, 0.2) is 0 Å². The molecule has 112 valence electrons. The van der Waals surface area contributed by atoms with E-state index >= 15 is 0 Å². The molecule has 0 unspecified atom stereocenters. The molecule has 2 N–H and O–H groups in total. The summed E-state index contributed by atoms with van der Waals surface area (Å²) in [5.74, 6) is -0.280. The molecule has 0 amide bonds. The molecule has 0 spiro atoms. The minimum absolute atomic E-state index is 0.237. The van der Waals surface area contributed by atoms with E-state index in [0.717, 1.165) is 5.56 Å². The van der Waals surface area contributed by atoms with Crippen LogP contribution in [-0.2, 0) is 24.4 Å². The first-order chi connectivity index (χ1) is 9.48. The summed E-state index contributed by atoms with van der Waals surface area (Å²) in [5.41, 5.74) is 6.48. The fourth-order valence-corrected chi connectivity index (χ4v) is 1.64. The Labute approximate surface area is 120 Å². The summed E-state index contributed by atoms with van der Waals surface area (Å²) in [6.45, 7) is 5.29. The number of nitrogens with two attached hydrogens (primary N) is 1. The summed E-state index contributed by atoms with van der Waals surface area (Å²) in [4.78, 5) is 12.1. The maximum Gasteiger partial charge on any atom is 0.316 e. The van der Waals surface area contributed by atoms with Crippen molar-refractivity contribution in [2.24, 2.45) is 0 Å². The monoisotopic (exact) mass is 281 g/mol. The summed E-state index contributed by atoms with van der Waals surface area (Å²) in [7, 11) is 1.61. The molecule has 0 aromatic heterocycles. The predicted molar refractivity (Wildman–Crippen MR) is 77.5 cm³/mol. The molecule has 0 saturated carbocycles. The number of hydrogen-bond donors (Lipinski definition) is 1. The van der Waals surface area contributed by atoms with Crippen LogP contribution in [-0.4, -0.2) is 39.5 Å². The van der Waals surface area contributed by atoms with Crippen LogP contribution in [0.1, 0.15) is 19.4 Å². The number of hydrogen-bond acceptors (Lipinski definition) is 5. The average molecular weight is 281 g/mol. The highest BCUT2D eigenvalue weighted by Crippen LogP contribution is 2.25. The van der Waals surface area contributed by atoms with Gasteiger partial charge in [-0.15, -0.1) is 0 Å². The second-order valence-electron chi connectivity index (χ2n) is 4.99. The van der Waals surface area contributed by atoms with Crippen LogP contribution in [0.2, 0.25) is 0 Å². The van der Waals surface area contributed by atoms with E-state index in [0.29, 0.717) is 25.5 Å². The van der Waals surface area contributed by atoms with Gasteiger partial charge in [0.1, 0.15) is 6.61 Å². The maximum absolute atomic E-state index is 12.1. The zero-order chi connectivity index (χ0) is 15.0. The van der Waals surface area contributed by atoms with Crippen molar-refractivity contribution in [3.05, 3.63) is 29.8 Å². The smallest absolute Gasteiger partial charge is 0.316 e. The predicted octanol–water partition coefficient (Wildman–Crippen LogP) is 1.75. The van der Waals surface area contributed by atoms with Crippen LogP contribution in [0.3, 0.4) is 0 Å². The van der Waals surface area contributed by atoms with Gasteiger partial charge in [-0.1, -0.05) is 12.1 Å². The average Bonchev–Trinajstić information content (AvgIpc) is 2.43. The second kappa shape index (κ2) is 7.87. The molecule has 0 saturated heterocycles. The van der Waals surface area contributed by atoms with Crippen molar-refractivity contribution in [1.29, 1.82) is 0 Å². The lowest BCUT2D eigenvalue weighted by atomic mass is 9.85. The fourth-order valence-electron chi connectivity index (χ4n) is 1.64. The third-order valence-electron chi connectivity index (χ3n) is 3.04. The topological polar surface area (TPSA) is 70.8 Å². The van der Waals surface area contributed by atoms with Crippen LogP contribution < -0.4 is 5.73 Å². The molecule has 0 aliphatic carbocycles. The molecule has 0 radical (unpaired) electrons. The van der Waals surface area contributed by atoms with E-state index in [-0.39, 0.29) is 12.6 Å². The van der Waals surface area contributed by atoms with Gasteiger partial charge in [0, 0.05) is 12.8 Å². The van der Waals surface area contributed by atoms with E-state index in [2.05, 4.69) is 0 Å². The largest absolute Gasteiger partial charge is 0.463 e. The summed E-state index contributed by atoms with van der Waals surface area (Å²) in [6, 6.07) is 7.23. The van der Waals surface area contributed by atoms with Gasteiger partial charge in [0.25, 0.3) is 0 Å². The molecule has 0 atom stereocenters. The number of carbonyl (C=O) groups excluding carboxylic acids is 1. The number of benzene rings is 1. The van der Waals surface area contributed by atoms with Gasteiger partial charge in [-0.25, -0.2) is 0 Å². The Bertz CT molecular complexity index is 414. The first-order valence-corrected chi connectivity index (χ1v) is 6.58. The van der Waals surface area contributed by atoms with Crippen molar-refractivity contribution in [2.75, 3.05) is 39.3 Å². The molecule has 0 bridgehead atoms. The van der Waals surface area contributed by atoms with E-state index in [1.807, 2.05) is 26.0 Å². The summed E-state index contributed by atoms with van der Waals surface area (Å²) in [6.07, 6.45) is 0. The zero-order valence-electron chi connectivity index (χ0n) is 12.3. The molecule has 1 rings (SSSR count). The van der Waals surface area contributed by atoms with Gasteiger partial charge in [-0.2, -0.15) is 0 Å². The molecular formula is C15H23NO4. The zero-order valence-corrected chi connectivity index (χ0v) is 12.3. The van der Waals surface area contributed by atoms with Crippen molar-refractivity contribution in [1.82, 2.24) is 0 Å². The Balaban J connectivity index is 2.43. The highest BCUT2D eigenvalue weighted by Gasteiger charge is 2.31. The lowest BCUT2D eigenvalue weighted by molar-refractivity contribution is -0.151. The van der Waals surface area contributed by atoms with Crippen LogP contribution in [0.5, 0.6) is 0 Å². The SMILES string of the molecule is COCCOCCOC(=O)C(C)(C)c1ccc(N)cc1. The fraction of sp³-hybridized carbons (Fsp3) is 0.533. The lowest BCUT2D eigenvalue weighted by Gasteiger charge is -2.23. The number of esters is 1. The van der Waals surface area contributed by atoms with Gasteiger partial charge in [0.2, 0.25) is 0 Å². The van der Waals surface area contributed by atoms with Crippen LogP contribution in [0.4, 0.5) is 5.69 Å². The van der Waals surface area contributed by atoms with Gasteiger partial charge < -0.3 is 19.9 Å². The molecule has 1 aromatic carbocycles. The Morgan fingerprint density at radius 3 is 2.30 bits per heavy atom. The number of rotatable bonds is 8. The molecule has 1 aromatic rings. The second-order valence-corrected chi connectivity index (χ2v) is 4.99. The molecule has 0 fully saturated rings. The van der Waals surface area contributed by atoms with Crippen LogP contribution >= 0.6 is 0 Å². The van der Waals surface area contributed by atoms with Gasteiger partial charge in [0.05, 0.1) is 25.2 Å². The van der Waals surface area contributed by atoms with E-state index in [1.54, 1.807) is 19.2 Å². The minimum atomic E-state index is -0.708. The van der Waals surface area contributed by atoms with E-state index in [9.17, 15) is 4.79 Å². The first kappa shape index (κ1) is 16.5. The van der Waals surface area contributed by atoms with Crippen LogP contribution in [0, 0.1) is 0 Å². The summed E-state index contributed by atoms with van der Waals surface area (Å²) >= 11 is 0. The van der Waals surface area contributed by atoms with Crippen molar-refractivity contribution < 1.29 is 19.0 Å². The Hall–Kier alpha value is -1.59. The van der Waals surface area contributed by atoms with Crippen LogP contribution in [0.25, 0.3) is 0 Å². The van der Waals surface area contributed by atoms with Crippen molar-refractivity contribution >= 4 is 11.7 Å². The summed E-state index contributed by atoms with van der Waals surface area (Å²) < 4.78 is 15.3. The third kappa shape index (κ3) is 4.83. The Kier molecular flexibility index (Phi) is 6.48. The quantitative estimate of drug-likeness (QED) is 0.446. The summed E-state index contributed by atoms with van der Waals surface area (Å²) in [5, 5.41) is 0. The van der Waals surface area contributed by atoms with Crippen molar-refractivity contribution in [2.45, 2.75) is 19.3 Å². The molecule has 0 heterocycles. The number of anilines is 1. The highest BCUT2D eigenvalue weighted by atomic mass is 16.6. The van der Waals surface area contributed by atoms with Gasteiger partial charge in [-0.3, -0.25) is 4.79 Å². The molecule has 0 aliphatic heterocycles. The number of methoxy groups -OCH3 is 1. The molecule has 5 heteroatoms. The van der Waals surface area contributed by atoms with Gasteiger partial charge in [-0.05, 0) is 31.5 Å². The minimum Gasteiger partial charge on any atom is -0.463 e. The highest BCUT2D eigenvalue weighted by molar-refractivity contribution is 5.82. The molecule has 0 aliphatic rings.